The van der Waals surface area contributed by atoms with E-state index in [9.17, 15) is 4.79 Å². The molecule has 7 heteroatoms. The SMILES string of the molecule is COc1cc2c(OCC[C@@H]3CCC(=O)N3)nccc2cc1C(N)=S. The van der Waals surface area contributed by atoms with Crippen LogP contribution in [0.5, 0.6) is 11.6 Å². The van der Waals surface area contributed by atoms with Crippen LogP contribution in [0, 0.1) is 0 Å². The maximum absolute atomic E-state index is 11.2. The molecule has 0 radical (unpaired) electrons. The van der Waals surface area contributed by atoms with Gasteiger partial charge >= 0.3 is 0 Å². The van der Waals surface area contributed by atoms with Crippen LogP contribution in [0.3, 0.4) is 0 Å². The second-order valence-corrected chi connectivity index (χ2v) is 6.13. The number of carbonyl (C=O) groups is 1. The normalized spacial score (nSPS) is 16.9. The van der Waals surface area contributed by atoms with E-state index in [1.165, 1.54) is 0 Å². The number of pyridine rings is 1. The van der Waals surface area contributed by atoms with Crippen molar-refractivity contribution >= 4 is 33.9 Å². The average Bonchev–Trinajstić information content (AvgIpc) is 2.99. The predicted octanol–water partition coefficient (Wildman–Crippen LogP) is 1.93. The maximum Gasteiger partial charge on any atom is 0.221 e. The van der Waals surface area contributed by atoms with Gasteiger partial charge in [0.05, 0.1) is 19.3 Å². The first-order valence-electron chi connectivity index (χ1n) is 7.77. The van der Waals surface area contributed by atoms with Gasteiger partial charge in [0.2, 0.25) is 11.8 Å². The molecule has 126 valence electrons. The lowest BCUT2D eigenvalue weighted by molar-refractivity contribution is -0.119. The lowest BCUT2D eigenvalue weighted by atomic mass is 10.1. The van der Waals surface area contributed by atoms with Gasteiger partial charge in [0.25, 0.3) is 0 Å². The summed E-state index contributed by atoms with van der Waals surface area (Å²) in [6.45, 7) is 0.483. The summed E-state index contributed by atoms with van der Waals surface area (Å²) >= 11 is 5.07. The molecule has 6 nitrogen and oxygen atoms in total. The van der Waals surface area contributed by atoms with E-state index in [-0.39, 0.29) is 16.9 Å². The zero-order valence-electron chi connectivity index (χ0n) is 13.4. The van der Waals surface area contributed by atoms with Crippen molar-refractivity contribution in [3.8, 4) is 11.6 Å². The number of hydrogen-bond donors (Lipinski definition) is 2. The molecule has 0 spiro atoms. The van der Waals surface area contributed by atoms with E-state index in [0.717, 1.165) is 23.6 Å². The predicted molar refractivity (Wildman–Crippen MR) is 95.5 cm³/mol. The zero-order valence-corrected chi connectivity index (χ0v) is 14.2. The molecule has 3 N–H and O–H groups in total. The van der Waals surface area contributed by atoms with Crippen LogP contribution in [0.15, 0.2) is 24.4 Å². The molecule has 0 saturated carbocycles. The van der Waals surface area contributed by atoms with Crippen molar-refractivity contribution in [2.45, 2.75) is 25.3 Å². The Morgan fingerprint density at radius 1 is 1.50 bits per heavy atom. The number of fused-ring (bicyclic) bond motifs is 1. The number of carbonyl (C=O) groups excluding carboxylic acids is 1. The molecule has 1 amide bonds. The molecule has 1 fully saturated rings. The van der Waals surface area contributed by atoms with Crippen LogP contribution in [0.2, 0.25) is 0 Å². The third-order valence-corrected chi connectivity index (χ3v) is 4.32. The number of aromatic nitrogens is 1. The van der Waals surface area contributed by atoms with Crippen molar-refractivity contribution in [3.63, 3.8) is 0 Å². The van der Waals surface area contributed by atoms with Crippen LogP contribution >= 0.6 is 12.2 Å². The number of benzene rings is 1. The number of ether oxygens (including phenoxy) is 2. The van der Waals surface area contributed by atoms with Crippen LogP contribution in [-0.2, 0) is 4.79 Å². The molecule has 0 unspecified atom stereocenters. The van der Waals surface area contributed by atoms with Crippen molar-refractivity contribution in [1.82, 2.24) is 10.3 Å². The highest BCUT2D eigenvalue weighted by molar-refractivity contribution is 7.80. The maximum atomic E-state index is 11.2. The largest absolute Gasteiger partial charge is 0.496 e. The molecule has 1 aromatic carbocycles. The molecule has 1 aromatic heterocycles. The lowest BCUT2D eigenvalue weighted by Crippen LogP contribution is -2.26. The van der Waals surface area contributed by atoms with E-state index in [4.69, 9.17) is 27.4 Å². The third kappa shape index (κ3) is 3.41. The smallest absolute Gasteiger partial charge is 0.221 e. The van der Waals surface area contributed by atoms with Crippen molar-refractivity contribution in [3.05, 3.63) is 30.0 Å². The number of hydrogen-bond acceptors (Lipinski definition) is 5. The highest BCUT2D eigenvalue weighted by Gasteiger charge is 2.20. The fraction of sp³-hybridized carbons (Fsp3) is 0.353. The van der Waals surface area contributed by atoms with Gasteiger partial charge in [-0.15, -0.1) is 0 Å². The minimum atomic E-state index is 0.110. The monoisotopic (exact) mass is 345 g/mol. The summed E-state index contributed by atoms with van der Waals surface area (Å²) in [5.41, 5.74) is 6.44. The second-order valence-electron chi connectivity index (χ2n) is 5.69. The molecule has 1 aliphatic heterocycles. The zero-order chi connectivity index (χ0) is 17.1. The first kappa shape index (κ1) is 16.4. The second kappa shape index (κ2) is 7.00. The summed E-state index contributed by atoms with van der Waals surface area (Å²) < 4.78 is 11.2. The molecule has 1 aliphatic rings. The molecular formula is C17H19N3O3S. The number of methoxy groups -OCH3 is 1. The number of nitrogens with zero attached hydrogens (tertiary/aromatic N) is 1. The van der Waals surface area contributed by atoms with Crippen molar-refractivity contribution < 1.29 is 14.3 Å². The fourth-order valence-corrected chi connectivity index (χ4v) is 3.00. The van der Waals surface area contributed by atoms with Crippen LogP contribution in [-0.4, -0.2) is 35.6 Å². The third-order valence-electron chi connectivity index (χ3n) is 4.10. The summed E-state index contributed by atoms with van der Waals surface area (Å²) in [6.07, 6.45) is 3.89. The molecule has 24 heavy (non-hydrogen) atoms. The van der Waals surface area contributed by atoms with Gasteiger partial charge in [0, 0.05) is 30.5 Å². The van der Waals surface area contributed by atoms with Gasteiger partial charge in [-0.3, -0.25) is 4.79 Å². The minimum absolute atomic E-state index is 0.110. The van der Waals surface area contributed by atoms with E-state index in [1.54, 1.807) is 13.3 Å². The van der Waals surface area contributed by atoms with Crippen molar-refractivity contribution in [2.75, 3.05) is 13.7 Å². The lowest BCUT2D eigenvalue weighted by Gasteiger charge is -2.14. The van der Waals surface area contributed by atoms with Crippen LogP contribution in [0.25, 0.3) is 10.8 Å². The Kier molecular flexibility index (Phi) is 4.80. The summed E-state index contributed by atoms with van der Waals surface area (Å²) in [4.78, 5) is 15.8. The summed E-state index contributed by atoms with van der Waals surface area (Å²) in [7, 11) is 1.57. The Bertz CT molecular complexity index is 794. The van der Waals surface area contributed by atoms with Crippen LogP contribution < -0.4 is 20.5 Å². The topological polar surface area (TPSA) is 86.5 Å². The number of thiocarbonyl (C=S) groups is 1. The Hall–Kier alpha value is -2.41. The van der Waals surface area contributed by atoms with Gasteiger partial charge in [0.1, 0.15) is 10.7 Å². The van der Waals surface area contributed by atoms with E-state index < -0.39 is 0 Å². The summed E-state index contributed by atoms with van der Waals surface area (Å²) in [5, 5.41) is 4.69. The molecular weight excluding hydrogens is 326 g/mol. The quantitative estimate of drug-likeness (QED) is 0.778. The standard InChI is InChI=1S/C17H19N3O3S/c1-22-14-9-12-10(8-13(14)16(18)24)4-6-19-17(12)23-7-5-11-2-3-15(21)20-11/h4,6,8-9,11H,2-3,5,7H2,1H3,(H2,18,24)(H,20,21)/t11-/m0/s1. The van der Waals surface area contributed by atoms with E-state index in [0.29, 0.717) is 30.2 Å². The number of amides is 1. The molecule has 0 aliphatic carbocycles. The number of rotatable bonds is 6. The van der Waals surface area contributed by atoms with E-state index in [1.807, 2.05) is 18.2 Å². The Morgan fingerprint density at radius 3 is 3.00 bits per heavy atom. The highest BCUT2D eigenvalue weighted by Crippen LogP contribution is 2.30. The Balaban J connectivity index is 1.80. The Morgan fingerprint density at radius 2 is 2.33 bits per heavy atom. The molecule has 1 saturated heterocycles. The van der Waals surface area contributed by atoms with Crippen LogP contribution in [0.1, 0.15) is 24.8 Å². The fourth-order valence-electron chi connectivity index (χ4n) is 2.84. The average molecular weight is 345 g/mol. The molecule has 2 aromatic rings. The first-order chi connectivity index (χ1) is 11.6. The highest BCUT2D eigenvalue weighted by atomic mass is 32.1. The van der Waals surface area contributed by atoms with Gasteiger partial charge in [-0.1, -0.05) is 12.2 Å². The molecule has 0 bridgehead atoms. The van der Waals surface area contributed by atoms with Gasteiger partial charge in [-0.25, -0.2) is 4.98 Å². The minimum Gasteiger partial charge on any atom is -0.496 e. The van der Waals surface area contributed by atoms with E-state index in [2.05, 4.69) is 10.3 Å². The van der Waals surface area contributed by atoms with Gasteiger partial charge in [0.15, 0.2) is 0 Å². The number of nitrogens with two attached hydrogens (primary N) is 1. The molecule has 1 atom stereocenters. The van der Waals surface area contributed by atoms with E-state index >= 15 is 0 Å². The summed E-state index contributed by atoms with van der Waals surface area (Å²) in [5.74, 6) is 1.24. The molecule has 2 heterocycles. The van der Waals surface area contributed by atoms with Gasteiger partial charge in [-0.2, -0.15) is 0 Å². The first-order valence-corrected chi connectivity index (χ1v) is 8.18. The van der Waals surface area contributed by atoms with Crippen molar-refractivity contribution in [1.29, 1.82) is 0 Å². The van der Waals surface area contributed by atoms with Gasteiger partial charge < -0.3 is 20.5 Å². The van der Waals surface area contributed by atoms with Crippen molar-refractivity contribution in [2.24, 2.45) is 5.73 Å². The number of nitrogens with one attached hydrogen (secondary N) is 1. The molecule has 3 rings (SSSR count). The Labute approximate surface area is 145 Å². The van der Waals surface area contributed by atoms with Crippen LogP contribution in [0.4, 0.5) is 0 Å². The summed E-state index contributed by atoms with van der Waals surface area (Å²) in [6, 6.07) is 5.77. The van der Waals surface area contributed by atoms with Gasteiger partial charge in [-0.05, 0) is 30.0 Å².